The van der Waals surface area contributed by atoms with Gasteiger partial charge in [-0.3, -0.25) is 4.99 Å². The van der Waals surface area contributed by atoms with Crippen molar-refractivity contribution in [1.29, 1.82) is 0 Å². The van der Waals surface area contributed by atoms with E-state index in [9.17, 15) is 19.8 Å². The fraction of sp³-hybridized carbons (Fsp3) is 0.438. The predicted molar refractivity (Wildman–Crippen MR) is 87.7 cm³/mol. The molecule has 23 heavy (non-hydrogen) atoms. The molecule has 0 spiro atoms. The van der Waals surface area contributed by atoms with E-state index < -0.39 is 34.1 Å². The van der Waals surface area contributed by atoms with Crippen LogP contribution in [0.15, 0.2) is 35.3 Å². The molecule has 122 valence electrons. The third-order valence-corrected chi connectivity index (χ3v) is 5.74. The predicted octanol–water partition coefficient (Wildman–Crippen LogP) is 1.70. The molecule has 2 N–H and O–H groups in total. The molecule has 2 aliphatic heterocycles. The zero-order valence-corrected chi connectivity index (χ0v) is 13.7. The maximum Gasteiger partial charge on any atom is 0.331 e. The maximum atomic E-state index is 11.8. The highest BCUT2D eigenvalue weighted by atomic mass is 32.2. The Morgan fingerprint density at radius 3 is 2.43 bits per heavy atom. The van der Waals surface area contributed by atoms with Crippen LogP contribution in [0.2, 0.25) is 0 Å². The minimum Gasteiger partial charge on any atom is -0.480 e. The highest BCUT2D eigenvalue weighted by Crippen LogP contribution is 2.49. The average Bonchev–Trinajstić information content (AvgIpc) is 2.92. The lowest BCUT2D eigenvalue weighted by Crippen LogP contribution is -2.50. The number of carbonyl (C=O) groups is 2. The van der Waals surface area contributed by atoms with Crippen molar-refractivity contribution in [3.05, 3.63) is 35.9 Å². The van der Waals surface area contributed by atoms with Crippen LogP contribution in [-0.2, 0) is 16.0 Å². The number of hydrogen-bond acceptors (Lipinski definition) is 5. The Bertz CT molecular complexity index is 674. The van der Waals surface area contributed by atoms with E-state index >= 15 is 0 Å². The number of nitrogens with zero attached hydrogens (tertiary/aromatic N) is 2. The van der Waals surface area contributed by atoms with Crippen molar-refractivity contribution >= 4 is 29.5 Å². The van der Waals surface area contributed by atoms with Gasteiger partial charge in [-0.05, 0) is 19.4 Å². The smallest absolute Gasteiger partial charge is 0.331 e. The van der Waals surface area contributed by atoms with Gasteiger partial charge >= 0.3 is 11.9 Å². The molecule has 6 nitrogen and oxygen atoms in total. The maximum absolute atomic E-state index is 11.8. The summed E-state index contributed by atoms with van der Waals surface area (Å²) in [7, 11) is 0. The van der Waals surface area contributed by atoms with Gasteiger partial charge in [-0.1, -0.05) is 30.3 Å². The molecular formula is C16H18N2O4S. The molecule has 1 aromatic carbocycles. The minimum atomic E-state index is -1.02. The summed E-state index contributed by atoms with van der Waals surface area (Å²) in [5, 5.41) is 18.6. The fourth-order valence-corrected chi connectivity index (χ4v) is 4.86. The van der Waals surface area contributed by atoms with Crippen molar-refractivity contribution in [2.75, 3.05) is 0 Å². The third-order valence-electron chi connectivity index (χ3n) is 4.18. The molecule has 3 atom stereocenters. The van der Waals surface area contributed by atoms with Gasteiger partial charge in [0.2, 0.25) is 0 Å². The number of hydrogen-bond donors (Lipinski definition) is 2. The number of fused-ring (bicyclic) bond motifs is 1. The van der Waals surface area contributed by atoms with Gasteiger partial charge in [-0.2, -0.15) is 0 Å². The summed E-state index contributed by atoms with van der Waals surface area (Å²) in [5.41, 5.74) is 0.981. The molecule has 0 aliphatic carbocycles. The van der Waals surface area contributed by atoms with Crippen LogP contribution in [0.1, 0.15) is 19.4 Å². The monoisotopic (exact) mass is 334 g/mol. The first kappa shape index (κ1) is 15.9. The lowest BCUT2D eigenvalue weighted by Gasteiger charge is -2.29. The van der Waals surface area contributed by atoms with Crippen LogP contribution >= 0.6 is 11.8 Å². The molecule has 0 aromatic heterocycles. The van der Waals surface area contributed by atoms with E-state index in [0.717, 1.165) is 5.56 Å². The second-order valence-corrected chi connectivity index (χ2v) is 8.02. The van der Waals surface area contributed by atoms with E-state index in [1.54, 1.807) is 4.90 Å². The molecule has 0 bridgehead atoms. The molecule has 1 aromatic rings. The van der Waals surface area contributed by atoms with Crippen LogP contribution in [0, 0.1) is 0 Å². The fourth-order valence-electron chi connectivity index (χ4n) is 3.23. The van der Waals surface area contributed by atoms with Gasteiger partial charge in [0.05, 0.1) is 0 Å². The first-order chi connectivity index (χ1) is 10.8. The highest BCUT2D eigenvalue weighted by Gasteiger charge is 2.58. The lowest BCUT2D eigenvalue weighted by molar-refractivity contribution is -0.143. The summed E-state index contributed by atoms with van der Waals surface area (Å²) in [6, 6.07) is 7.83. The number of aliphatic carboxylic acids is 2. The summed E-state index contributed by atoms with van der Waals surface area (Å²) >= 11 is 1.38. The normalized spacial score (nSPS) is 28.3. The summed E-state index contributed by atoms with van der Waals surface area (Å²) in [6.45, 7) is 3.68. The quantitative estimate of drug-likeness (QED) is 0.871. The van der Waals surface area contributed by atoms with Crippen LogP contribution in [0.5, 0.6) is 0 Å². The van der Waals surface area contributed by atoms with E-state index in [1.807, 2.05) is 44.2 Å². The van der Waals surface area contributed by atoms with Gasteiger partial charge in [0.1, 0.15) is 17.3 Å². The zero-order valence-electron chi connectivity index (χ0n) is 12.8. The second kappa shape index (κ2) is 5.56. The minimum absolute atomic E-state index is 0.432. The Morgan fingerprint density at radius 1 is 1.22 bits per heavy atom. The number of amidine groups is 1. The third kappa shape index (κ3) is 2.69. The second-order valence-electron chi connectivity index (χ2n) is 6.25. The van der Waals surface area contributed by atoms with E-state index in [-0.39, 0.29) is 0 Å². The van der Waals surface area contributed by atoms with Gasteiger partial charge < -0.3 is 15.1 Å². The number of benzene rings is 1. The highest BCUT2D eigenvalue weighted by molar-refractivity contribution is 8.01. The Balaban J connectivity index is 1.98. The van der Waals surface area contributed by atoms with Gasteiger partial charge in [-0.15, -0.1) is 11.8 Å². The molecule has 2 heterocycles. The molecular weight excluding hydrogens is 316 g/mol. The van der Waals surface area contributed by atoms with Crippen molar-refractivity contribution in [1.82, 2.24) is 4.90 Å². The Hall–Kier alpha value is -2.02. The van der Waals surface area contributed by atoms with E-state index in [4.69, 9.17) is 0 Å². The van der Waals surface area contributed by atoms with Gasteiger partial charge in [-0.25, -0.2) is 9.59 Å². The van der Waals surface area contributed by atoms with Crippen molar-refractivity contribution in [2.24, 2.45) is 4.99 Å². The molecule has 1 saturated heterocycles. The summed E-state index contributed by atoms with van der Waals surface area (Å²) in [5.74, 6) is -1.42. The van der Waals surface area contributed by atoms with Crippen LogP contribution < -0.4 is 0 Å². The topological polar surface area (TPSA) is 90.2 Å². The number of rotatable bonds is 4. The number of carboxylic acid groups (broad SMARTS) is 2. The van der Waals surface area contributed by atoms with Crippen LogP contribution in [0.4, 0.5) is 0 Å². The number of aliphatic imine (C=N–C) groups is 1. The Kier molecular flexibility index (Phi) is 3.83. The Morgan fingerprint density at radius 2 is 1.87 bits per heavy atom. The molecule has 2 aliphatic rings. The summed E-state index contributed by atoms with van der Waals surface area (Å²) < 4.78 is -0.581. The number of thioether (sulfide) groups is 1. The van der Waals surface area contributed by atoms with Crippen LogP contribution in [-0.4, -0.2) is 55.1 Å². The summed E-state index contributed by atoms with van der Waals surface area (Å²) in [4.78, 5) is 29.3. The molecule has 0 amide bonds. The lowest BCUT2D eigenvalue weighted by atomic mass is 10.0. The molecule has 0 radical (unpaired) electrons. The standard InChI is InChI=1S/C16H18N2O4S/c1-16(2)12(15(21)22)18-10(8-9-6-4-3-5-7-9)17-11(14(19)20)13(18)23-16/h3-7,11-13H,8H2,1-2H3,(H,19,20)(H,21,22)/t11-,12-,13+/m1/s1. The van der Waals surface area contributed by atoms with E-state index in [0.29, 0.717) is 12.3 Å². The van der Waals surface area contributed by atoms with Crippen molar-refractivity contribution in [3.63, 3.8) is 0 Å². The van der Waals surface area contributed by atoms with E-state index in [1.165, 1.54) is 11.8 Å². The first-order valence-electron chi connectivity index (χ1n) is 7.33. The largest absolute Gasteiger partial charge is 0.480 e. The van der Waals surface area contributed by atoms with Crippen molar-refractivity contribution < 1.29 is 19.8 Å². The summed E-state index contributed by atoms with van der Waals surface area (Å²) in [6.07, 6.45) is 0.432. The average molecular weight is 334 g/mol. The van der Waals surface area contributed by atoms with Crippen molar-refractivity contribution in [2.45, 2.75) is 42.5 Å². The molecule has 0 saturated carbocycles. The van der Waals surface area contributed by atoms with Crippen LogP contribution in [0.25, 0.3) is 0 Å². The van der Waals surface area contributed by atoms with Crippen LogP contribution in [0.3, 0.4) is 0 Å². The van der Waals surface area contributed by atoms with Gasteiger partial charge in [0.15, 0.2) is 6.04 Å². The van der Waals surface area contributed by atoms with Gasteiger partial charge in [0.25, 0.3) is 0 Å². The SMILES string of the molecule is CC1(C)S[C@H]2[C@H](C(=O)O)N=C(Cc3ccccc3)N2[C@@H]1C(=O)O. The molecule has 3 rings (SSSR count). The zero-order chi connectivity index (χ0) is 16.8. The number of carboxylic acids is 2. The first-order valence-corrected chi connectivity index (χ1v) is 8.21. The van der Waals surface area contributed by atoms with E-state index in [2.05, 4.69) is 4.99 Å². The van der Waals surface area contributed by atoms with Gasteiger partial charge in [0, 0.05) is 11.2 Å². The molecule has 1 fully saturated rings. The molecule has 7 heteroatoms. The Labute approximate surface area is 138 Å². The molecule has 0 unspecified atom stereocenters. The van der Waals surface area contributed by atoms with Crippen molar-refractivity contribution in [3.8, 4) is 0 Å².